The molecule has 0 fully saturated rings. The maximum absolute atomic E-state index is 12.0. The van der Waals surface area contributed by atoms with Gasteiger partial charge in [0.25, 0.3) is 5.91 Å². The highest BCUT2D eigenvalue weighted by molar-refractivity contribution is 7.12. The number of carbonyl (C=O) groups excluding carboxylic acids is 1. The second kappa shape index (κ2) is 6.58. The van der Waals surface area contributed by atoms with Crippen molar-refractivity contribution in [3.63, 3.8) is 0 Å². The van der Waals surface area contributed by atoms with E-state index in [1.807, 2.05) is 6.92 Å². The van der Waals surface area contributed by atoms with E-state index >= 15 is 0 Å². The molecule has 5 nitrogen and oxygen atoms in total. The number of hydrogen-bond acceptors (Lipinski definition) is 5. The van der Waals surface area contributed by atoms with Crippen molar-refractivity contribution < 1.29 is 19.1 Å². The minimum Gasteiger partial charge on any atom is -0.496 e. The molecule has 0 aliphatic heterocycles. The van der Waals surface area contributed by atoms with E-state index in [0.717, 1.165) is 0 Å². The second-order valence-corrected chi connectivity index (χ2v) is 5.40. The largest absolute Gasteiger partial charge is 0.496 e. The molecule has 6 heteroatoms. The zero-order chi connectivity index (χ0) is 14.5. The number of thiophene rings is 1. The molecule has 2 heterocycles. The van der Waals surface area contributed by atoms with Crippen molar-refractivity contribution in [1.29, 1.82) is 0 Å². The number of ether oxygens (including phenoxy) is 1. The molecule has 0 aromatic carbocycles. The topological polar surface area (TPSA) is 71.7 Å². The van der Waals surface area contributed by atoms with Gasteiger partial charge in [-0.1, -0.05) is 0 Å². The molecule has 108 valence electrons. The lowest BCUT2D eigenvalue weighted by Crippen LogP contribution is -2.33. The van der Waals surface area contributed by atoms with Crippen LogP contribution < -0.4 is 10.1 Å². The maximum atomic E-state index is 12.0. The fourth-order valence-corrected chi connectivity index (χ4v) is 2.59. The Bertz CT molecular complexity index is 549. The third kappa shape index (κ3) is 3.61. The molecule has 0 saturated carbocycles. The van der Waals surface area contributed by atoms with E-state index in [1.54, 1.807) is 30.7 Å². The van der Waals surface area contributed by atoms with E-state index in [0.29, 0.717) is 22.8 Å². The molecule has 0 bridgehead atoms. The summed E-state index contributed by atoms with van der Waals surface area (Å²) in [5, 5.41) is 14.6. The molecular formula is C14H17NO4S. The summed E-state index contributed by atoms with van der Waals surface area (Å²) in [6.07, 6.45) is 1.18. The molecule has 2 atom stereocenters. The minimum atomic E-state index is -0.724. The van der Waals surface area contributed by atoms with Crippen LogP contribution in [-0.2, 0) is 0 Å². The molecule has 0 radical (unpaired) electrons. The Morgan fingerprint density at radius 2 is 2.40 bits per heavy atom. The molecule has 2 aromatic heterocycles. The maximum Gasteiger partial charge on any atom is 0.261 e. The smallest absolute Gasteiger partial charge is 0.261 e. The number of methoxy groups -OCH3 is 1. The summed E-state index contributed by atoms with van der Waals surface area (Å²) in [6.45, 7) is 1.84. The van der Waals surface area contributed by atoms with Gasteiger partial charge in [0.2, 0.25) is 0 Å². The fraction of sp³-hybridized carbons (Fsp3) is 0.357. The number of nitrogens with one attached hydrogen (secondary N) is 1. The molecule has 1 amide bonds. The van der Waals surface area contributed by atoms with Gasteiger partial charge in [0.1, 0.15) is 17.6 Å². The summed E-state index contributed by atoms with van der Waals surface area (Å²) in [6, 6.07) is 4.95. The van der Waals surface area contributed by atoms with E-state index in [1.165, 1.54) is 17.6 Å². The molecule has 2 N–H and O–H groups in total. The first-order chi connectivity index (χ1) is 9.60. The van der Waals surface area contributed by atoms with Crippen LogP contribution in [0.3, 0.4) is 0 Å². The van der Waals surface area contributed by atoms with Crippen molar-refractivity contribution in [2.24, 2.45) is 0 Å². The SMILES string of the molecule is COc1csc(C(=O)NC(C)CC(O)c2ccco2)c1. The minimum absolute atomic E-state index is 0.169. The van der Waals surface area contributed by atoms with Crippen LogP contribution in [0, 0.1) is 0 Å². The van der Waals surface area contributed by atoms with Crippen molar-refractivity contribution in [3.05, 3.63) is 40.5 Å². The average Bonchev–Trinajstić information content (AvgIpc) is 3.09. The third-order valence-electron chi connectivity index (χ3n) is 2.86. The summed E-state index contributed by atoms with van der Waals surface area (Å²) < 4.78 is 10.2. The highest BCUT2D eigenvalue weighted by Crippen LogP contribution is 2.22. The summed E-state index contributed by atoms with van der Waals surface area (Å²) >= 11 is 1.32. The van der Waals surface area contributed by atoms with Crippen LogP contribution in [0.25, 0.3) is 0 Å². The van der Waals surface area contributed by atoms with Gasteiger partial charge in [0.05, 0.1) is 18.3 Å². The van der Waals surface area contributed by atoms with E-state index in [4.69, 9.17) is 9.15 Å². The first-order valence-corrected chi connectivity index (χ1v) is 7.13. The predicted octanol–water partition coefficient (Wildman–Crippen LogP) is 2.59. The first kappa shape index (κ1) is 14.6. The molecule has 2 aromatic rings. The van der Waals surface area contributed by atoms with Crippen molar-refractivity contribution >= 4 is 17.2 Å². The molecule has 20 heavy (non-hydrogen) atoms. The third-order valence-corrected chi connectivity index (χ3v) is 3.77. The normalized spacial score (nSPS) is 13.8. The fourth-order valence-electron chi connectivity index (χ4n) is 1.83. The Hall–Kier alpha value is -1.79. The number of aliphatic hydroxyl groups excluding tert-OH is 1. The molecule has 0 saturated heterocycles. The highest BCUT2D eigenvalue weighted by Gasteiger charge is 2.18. The lowest BCUT2D eigenvalue weighted by Gasteiger charge is -2.16. The molecule has 0 aliphatic rings. The number of amides is 1. The Morgan fingerprint density at radius 1 is 1.60 bits per heavy atom. The van der Waals surface area contributed by atoms with Crippen molar-refractivity contribution in [1.82, 2.24) is 5.32 Å². The van der Waals surface area contributed by atoms with Crippen molar-refractivity contribution in [2.75, 3.05) is 7.11 Å². The van der Waals surface area contributed by atoms with E-state index in [2.05, 4.69) is 5.32 Å². The second-order valence-electron chi connectivity index (χ2n) is 4.49. The van der Waals surface area contributed by atoms with Gasteiger partial charge in [-0.15, -0.1) is 11.3 Å². The molecule has 0 aliphatic carbocycles. The molecule has 2 unspecified atom stereocenters. The van der Waals surface area contributed by atoms with E-state index < -0.39 is 6.10 Å². The van der Waals surface area contributed by atoms with Crippen LogP contribution >= 0.6 is 11.3 Å². The first-order valence-electron chi connectivity index (χ1n) is 6.25. The van der Waals surface area contributed by atoms with Gasteiger partial charge in [-0.25, -0.2) is 0 Å². The molecule has 2 rings (SSSR count). The van der Waals surface area contributed by atoms with Gasteiger partial charge in [0, 0.05) is 23.9 Å². The Kier molecular flexibility index (Phi) is 4.81. The van der Waals surface area contributed by atoms with Gasteiger partial charge in [-0.05, 0) is 19.1 Å². The van der Waals surface area contributed by atoms with Crippen LogP contribution in [0.5, 0.6) is 5.75 Å². The number of aliphatic hydroxyl groups is 1. The average molecular weight is 295 g/mol. The molecule has 0 spiro atoms. The zero-order valence-electron chi connectivity index (χ0n) is 11.3. The van der Waals surface area contributed by atoms with Crippen molar-refractivity contribution in [2.45, 2.75) is 25.5 Å². The van der Waals surface area contributed by atoms with Crippen LogP contribution in [0.2, 0.25) is 0 Å². The Balaban J connectivity index is 1.87. The monoisotopic (exact) mass is 295 g/mol. The van der Waals surface area contributed by atoms with Crippen molar-refractivity contribution in [3.8, 4) is 5.75 Å². The van der Waals surface area contributed by atoms with Crippen LogP contribution in [0.15, 0.2) is 34.3 Å². The van der Waals surface area contributed by atoms with Crippen LogP contribution in [0.1, 0.15) is 34.9 Å². The zero-order valence-corrected chi connectivity index (χ0v) is 12.1. The van der Waals surface area contributed by atoms with Gasteiger partial charge in [-0.3, -0.25) is 4.79 Å². The Morgan fingerprint density at radius 3 is 3.00 bits per heavy atom. The number of furan rings is 1. The van der Waals surface area contributed by atoms with Gasteiger partial charge in [-0.2, -0.15) is 0 Å². The van der Waals surface area contributed by atoms with Crippen LogP contribution in [-0.4, -0.2) is 24.2 Å². The quantitative estimate of drug-likeness (QED) is 0.859. The summed E-state index contributed by atoms with van der Waals surface area (Å²) in [5.74, 6) is 1.00. The number of hydrogen-bond donors (Lipinski definition) is 2. The summed E-state index contributed by atoms with van der Waals surface area (Å²) in [7, 11) is 1.56. The highest BCUT2D eigenvalue weighted by atomic mass is 32.1. The van der Waals surface area contributed by atoms with E-state index in [-0.39, 0.29) is 11.9 Å². The van der Waals surface area contributed by atoms with Gasteiger partial charge >= 0.3 is 0 Å². The number of carbonyl (C=O) groups is 1. The molecular weight excluding hydrogens is 278 g/mol. The standard InChI is InChI=1S/C14H17NO4S/c1-9(6-11(16)12-4-3-5-19-12)15-14(17)13-7-10(18-2)8-20-13/h3-5,7-9,11,16H,6H2,1-2H3,(H,15,17). The van der Waals surface area contributed by atoms with E-state index in [9.17, 15) is 9.90 Å². The Labute approximate surface area is 121 Å². The lowest BCUT2D eigenvalue weighted by molar-refractivity contribution is 0.0907. The predicted molar refractivity (Wildman–Crippen MR) is 76.1 cm³/mol. The lowest BCUT2D eigenvalue weighted by atomic mass is 10.1. The van der Waals surface area contributed by atoms with Crippen LogP contribution in [0.4, 0.5) is 0 Å². The van der Waals surface area contributed by atoms with Gasteiger partial charge < -0.3 is 19.6 Å². The van der Waals surface area contributed by atoms with Gasteiger partial charge in [0.15, 0.2) is 0 Å². The summed E-state index contributed by atoms with van der Waals surface area (Å²) in [5.41, 5.74) is 0. The number of rotatable bonds is 6. The summed E-state index contributed by atoms with van der Waals surface area (Å²) in [4.78, 5) is 12.6.